The molecule has 3 aromatic rings. The number of carbonyl (C=O) groups excluding carboxylic acids is 3. The van der Waals surface area contributed by atoms with Crippen LogP contribution in [0.3, 0.4) is 0 Å². The number of aromatic nitrogens is 3. The lowest BCUT2D eigenvalue weighted by Crippen LogP contribution is -2.39. The highest BCUT2D eigenvalue weighted by molar-refractivity contribution is 6.35. The summed E-state index contributed by atoms with van der Waals surface area (Å²) >= 11 is 6.01. The molecular formula is C30H32ClF3N8O4. The monoisotopic (exact) mass is 660 g/mol. The molecular weight excluding hydrogens is 629 g/mol. The summed E-state index contributed by atoms with van der Waals surface area (Å²) in [4.78, 5) is 48.0. The lowest BCUT2D eigenvalue weighted by Gasteiger charge is -2.19. The Morgan fingerprint density at radius 1 is 1.02 bits per heavy atom. The first-order valence-electron chi connectivity index (χ1n) is 14.2. The zero-order valence-electron chi connectivity index (χ0n) is 24.7. The lowest BCUT2D eigenvalue weighted by molar-refractivity contribution is -0.154. The highest BCUT2D eigenvalue weighted by atomic mass is 35.5. The SMILES string of the molecule is C=C[C@H](CCCNC(=O)C(=O)NC)NC(=O)c1ccc(Nc2nc(NC3(c4ccc(Cl)cc4)CC3)nc(OCC(F)(F)F)n2)cc1. The zero-order chi connectivity index (χ0) is 33.3. The molecule has 0 aliphatic heterocycles. The number of nitrogens with zero attached hydrogens (tertiary/aromatic N) is 3. The molecule has 244 valence electrons. The van der Waals surface area contributed by atoms with Crippen molar-refractivity contribution in [1.82, 2.24) is 30.9 Å². The van der Waals surface area contributed by atoms with Crippen molar-refractivity contribution in [2.24, 2.45) is 0 Å². The number of likely N-dealkylation sites (N-methyl/N-ethyl adjacent to an activating group) is 1. The molecule has 16 heteroatoms. The van der Waals surface area contributed by atoms with Crippen molar-refractivity contribution in [3.8, 4) is 6.01 Å². The maximum absolute atomic E-state index is 12.9. The van der Waals surface area contributed by atoms with Crippen LogP contribution in [0.2, 0.25) is 5.02 Å². The van der Waals surface area contributed by atoms with Crippen molar-refractivity contribution >= 4 is 46.9 Å². The Kier molecular flexibility index (Phi) is 11.0. The fourth-order valence-corrected chi connectivity index (χ4v) is 4.45. The van der Waals surface area contributed by atoms with Crippen molar-refractivity contribution in [2.75, 3.05) is 30.8 Å². The number of nitrogens with one attached hydrogen (secondary N) is 5. The van der Waals surface area contributed by atoms with Gasteiger partial charge in [0.25, 0.3) is 5.91 Å². The highest BCUT2D eigenvalue weighted by Gasteiger charge is 2.45. The lowest BCUT2D eigenvalue weighted by atomic mass is 10.1. The van der Waals surface area contributed by atoms with Gasteiger partial charge in [-0.2, -0.15) is 28.1 Å². The van der Waals surface area contributed by atoms with E-state index in [-0.39, 0.29) is 24.3 Å². The Morgan fingerprint density at radius 2 is 1.70 bits per heavy atom. The summed E-state index contributed by atoms with van der Waals surface area (Å²) in [6.45, 7) is 2.39. The molecule has 12 nitrogen and oxygen atoms in total. The van der Waals surface area contributed by atoms with Gasteiger partial charge < -0.3 is 31.3 Å². The molecule has 0 saturated heterocycles. The summed E-state index contributed by atoms with van der Waals surface area (Å²) in [5.74, 6) is -1.92. The van der Waals surface area contributed by atoms with Crippen LogP contribution < -0.4 is 31.3 Å². The first-order valence-corrected chi connectivity index (χ1v) is 14.6. The molecule has 5 N–H and O–H groups in total. The third-order valence-corrected chi connectivity index (χ3v) is 7.14. The second kappa shape index (κ2) is 14.9. The van der Waals surface area contributed by atoms with Gasteiger partial charge in [0.15, 0.2) is 6.61 Å². The number of benzene rings is 2. The van der Waals surface area contributed by atoms with Crippen LogP contribution in [0, 0.1) is 0 Å². The molecule has 2 aromatic carbocycles. The molecule has 0 spiro atoms. The van der Waals surface area contributed by atoms with E-state index in [0.29, 0.717) is 29.1 Å². The predicted octanol–water partition coefficient (Wildman–Crippen LogP) is 4.24. The molecule has 46 heavy (non-hydrogen) atoms. The number of rotatable bonds is 14. The Labute approximate surface area is 267 Å². The summed E-state index contributed by atoms with van der Waals surface area (Å²) in [6, 6.07) is 12.5. The fraction of sp³-hybridized carbons (Fsp3) is 0.333. The third kappa shape index (κ3) is 9.79. The fourth-order valence-electron chi connectivity index (χ4n) is 4.33. The second-order valence-corrected chi connectivity index (χ2v) is 10.8. The van der Waals surface area contributed by atoms with Crippen LogP contribution in [0.5, 0.6) is 6.01 Å². The number of hydrogen-bond acceptors (Lipinski definition) is 9. The average molecular weight is 661 g/mol. The van der Waals surface area contributed by atoms with Crippen molar-refractivity contribution in [3.63, 3.8) is 0 Å². The summed E-state index contributed by atoms with van der Waals surface area (Å²) < 4.78 is 43.4. The molecule has 1 heterocycles. The van der Waals surface area contributed by atoms with Gasteiger partial charge in [-0.1, -0.05) is 29.8 Å². The molecule has 0 bridgehead atoms. The average Bonchev–Trinajstić information content (AvgIpc) is 3.81. The first-order chi connectivity index (χ1) is 21.9. The molecule has 1 saturated carbocycles. The van der Waals surface area contributed by atoms with E-state index in [0.717, 1.165) is 18.4 Å². The molecule has 1 atom stereocenters. The first kappa shape index (κ1) is 34.0. The maximum atomic E-state index is 12.9. The van der Waals surface area contributed by atoms with E-state index >= 15 is 0 Å². The van der Waals surface area contributed by atoms with Crippen molar-refractivity contribution < 1.29 is 32.3 Å². The third-order valence-electron chi connectivity index (χ3n) is 6.89. The second-order valence-electron chi connectivity index (χ2n) is 10.4. The van der Waals surface area contributed by atoms with Crippen molar-refractivity contribution in [3.05, 3.63) is 77.3 Å². The molecule has 4 rings (SSSR count). The minimum absolute atomic E-state index is 0.0155. The number of ether oxygens (including phenoxy) is 1. The Bertz CT molecular complexity index is 1550. The van der Waals surface area contributed by atoms with Gasteiger partial charge in [-0.25, -0.2) is 0 Å². The number of halogens is 4. The number of carbonyl (C=O) groups is 3. The van der Waals surface area contributed by atoms with E-state index in [1.54, 1.807) is 42.5 Å². The topological polar surface area (TPSA) is 159 Å². The van der Waals surface area contributed by atoms with Crippen LogP contribution in [0.15, 0.2) is 61.2 Å². The maximum Gasteiger partial charge on any atom is 0.422 e. The molecule has 0 unspecified atom stereocenters. The van der Waals surface area contributed by atoms with Gasteiger partial charge in [-0.3, -0.25) is 14.4 Å². The van der Waals surface area contributed by atoms with E-state index < -0.39 is 42.2 Å². The summed E-state index contributed by atoms with van der Waals surface area (Å²) in [7, 11) is 1.36. The van der Waals surface area contributed by atoms with E-state index in [9.17, 15) is 27.6 Å². The van der Waals surface area contributed by atoms with Crippen LogP contribution >= 0.6 is 11.6 Å². The van der Waals surface area contributed by atoms with E-state index in [1.807, 2.05) is 12.1 Å². The Morgan fingerprint density at radius 3 is 2.30 bits per heavy atom. The van der Waals surface area contributed by atoms with Crippen LogP contribution in [-0.2, 0) is 15.1 Å². The Balaban J connectivity index is 1.40. The van der Waals surface area contributed by atoms with Gasteiger partial charge >= 0.3 is 24.0 Å². The molecule has 3 amide bonds. The van der Waals surface area contributed by atoms with Crippen LogP contribution in [0.4, 0.5) is 30.8 Å². The normalized spacial score (nSPS) is 13.9. The summed E-state index contributed by atoms with van der Waals surface area (Å²) in [6.07, 6.45) is -0.591. The van der Waals surface area contributed by atoms with Gasteiger partial charge in [-0.15, -0.1) is 6.58 Å². The van der Waals surface area contributed by atoms with Gasteiger partial charge in [0, 0.05) is 35.9 Å². The largest absolute Gasteiger partial charge is 0.454 e. The van der Waals surface area contributed by atoms with Crippen molar-refractivity contribution in [1.29, 1.82) is 0 Å². The van der Waals surface area contributed by atoms with Crippen LogP contribution in [-0.4, -0.2) is 65.1 Å². The molecule has 1 aromatic heterocycles. The molecule has 1 aliphatic rings. The van der Waals surface area contributed by atoms with Gasteiger partial charge in [0.05, 0.1) is 5.54 Å². The van der Waals surface area contributed by atoms with E-state index in [4.69, 9.17) is 16.3 Å². The van der Waals surface area contributed by atoms with E-state index in [2.05, 4.69) is 48.1 Å². The molecule has 1 fully saturated rings. The number of alkyl halides is 3. The Hall–Kier alpha value is -4.92. The number of amides is 3. The summed E-state index contributed by atoms with van der Waals surface area (Å²) in [5, 5.41) is 14.2. The zero-order valence-corrected chi connectivity index (χ0v) is 25.5. The quantitative estimate of drug-likeness (QED) is 0.0969. The number of hydrogen-bond donors (Lipinski definition) is 5. The number of anilines is 3. The smallest absolute Gasteiger partial charge is 0.422 e. The van der Waals surface area contributed by atoms with Crippen LogP contribution in [0.1, 0.15) is 41.6 Å². The van der Waals surface area contributed by atoms with Crippen molar-refractivity contribution in [2.45, 2.75) is 43.4 Å². The van der Waals surface area contributed by atoms with Gasteiger partial charge in [0.1, 0.15) is 0 Å². The minimum Gasteiger partial charge on any atom is -0.454 e. The van der Waals surface area contributed by atoms with Gasteiger partial charge in [-0.05, 0) is 67.6 Å². The summed E-state index contributed by atoms with van der Waals surface area (Å²) in [5.41, 5.74) is 1.19. The van der Waals surface area contributed by atoms with Crippen LogP contribution in [0.25, 0.3) is 0 Å². The minimum atomic E-state index is -4.60. The predicted molar refractivity (Wildman–Crippen MR) is 165 cm³/mol. The highest BCUT2D eigenvalue weighted by Crippen LogP contribution is 2.48. The molecule has 0 radical (unpaired) electrons. The standard InChI is InChI=1S/C30H32ClF3N8O4/c1-3-21(5-4-16-36-25(45)24(44)35-2)37-23(43)18-6-12-22(13-7-18)38-26-39-27(41-28(40-26)46-17-30(32,33)34)42-29(14-15-29)19-8-10-20(31)11-9-19/h3,6-13,21H,1,4-5,14-17H2,2H3,(H,35,44)(H,36,45)(H,37,43)(H2,38,39,40,41,42)/t21-/m1/s1. The molecule has 1 aliphatic carbocycles. The van der Waals surface area contributed by atoms with Gasteiger partial charge in [0.2, 0.25) is 11.9 Å². The van der Waals surface area contributed by atoms with E-state index in [1.165, 1.54) is 7.05 Å².